The van der Waals surface area contributed by atoms with E-state index in [1.807, 2.05) is 0 Å². The summed E-state index contributed by atoms with van der Waals surface area (Å²) in [5.41, 5.74) is 0.607. The first-order valence-corrected chi connectivity index (χ1v) is 11.2. The van der Waals surface area contributed by atoms with E-state index in [-0.39, 0.29) is 35.5 Å². The lowest BCUT2D eigenvalue weighted by Gasteiger charge is -2.30. The predicted octanol–water partition coefficient (Wildman–Crippen LogP) is 4.45. The molecule has 0 atom stereocenters. The van der Waals surface area contributed by atoms with Crippen LogP contribution in [0, 0.1) is 17.6 Å². The van der Waals surface area contributed by atoms with Gasteiger partial charge in [-0.25, -0.2) is 21.5 Å². The number of rotatable bonds is 5. The molecule has 1 aliphatic heterocycles. The number of carbonyl (C=O) groups excluding carboxylic acids is 1. The molecule has 1 N–H and O–H groups in total. The van der Waals surface area contributed by atoms with E-state index in [4.69, 9.17) is 23.2 Å². The van der Waals surface area contributed by atoms with E-state index < -0.39 is 27.6 Å². The number of hydrogen-bond acceptors (Lipinski definition) is 3. The minimum atomic E-state index is -3.61. The molecule has 156 valence electrons. The molecule has 0 saturated carbocycles. The number of anilines is 1. The van der Waals surface area contributed by atoms with Crippen molar-refractivity contribution in [1.82, 2.24) is 4.31 Å². The summed E-state index contributed by atoms with van der Waals surface area (Å²) >= 11 is 11.9. The average Bonchev–Trinajstić information content (AvgIpc) is 2.67. The molecule has 2 aromatic rings. The average molecular weight is 463 g/mol. The first kappa shape index (κ1) is 22.0. The summed E-state index contributed by atoms with van der Waals surface area (Å²) in [6, 6.07) is 7.75. The normalized spacial score (nSPS) is 16.0. The second-order valence-corrected chi connectivity index (χ2v) is 9.60. The van der Waals surface area contributed by atoms with Gasteiger partial charge in [0.25, 0.3) is 0 Å². The van der Waals surface area contributed by atoms with E-state index in [1.165, 1.54) is 16.4 Å². The Balaban J connectivity index is 1.58. The Bertz CT molecular complexity index is 1030. The van der Waals surface area contributed by atoms with Crippen LogP contribution in [0.1, 0.15) is 18.4 Å². The van der Waals surface area contributed by atoms with Gasteiger partial charge in [0, 0.05) is 40.8 Å². The summed E-state index contributed by atoms with van der Waals surface area (Å²) < 4.78 is 53.0. The Morgan fingerprint density at radius 2 is 1.76 bits per heavy atom. The number of sulfonamides is 1. The Kier molecular flexibility index (Phi) is 6.78. The number of benzene rings is 2. The predicted molar refractivity (Wildman–Crippen MR) is 108 cm³/mol. The first-order valence-electron chi connectivity index (χ1n) is 8.83. The fraction of sp³-hybridized carbons (Fsp3) is 0.316. The summed E-state index contributed by atoms with van der Waals surface area (Å²) in [4.78, 5) is 12.4. The third-order valence-corrected chi connectivity index (χ3v) is 7.17. The number of hydrogen-bond donors (Lipinski definition) is 1. The van der Waals surface area contributed by atoms with Gasteiger partial charge in [-0.15, -0.1) is 0 Å². The lowest BCUT2D eigenvalue weighted by Crippen LogP contribution is -2.41. The van der Waals surface area contributed by atoms with Gasteiger partial charge >= 0.3 is 0 Å². The van der Waals surface area contributed by atoms with Crippen LogP contribution in [-0.4, -0.2) is 31.7 Å². The van der Waals surface area contributed by atoms with Gasteiger partial charge in [0.2, 0.25) is 15.9 Å². The van der Waals surface area contributed by atoms with Gasteiger partial charge in [-0.3, -0.25) is 4.79 Å². The van der Waals surface area contributed by atoms with Gasteiger partial charge in [-0.2, -0.15) is 0 Å². The fourth-order valence-electron chi connectivity index (χ4n) is 3.14. The summed E-state index contributed by atoms with van der Waals surface area (Å²) in [5, 5.41) is 3.24. The number of halogens is 4. The monoisotopic (exact) mass is 462 g/mol. The highest BCUT2D eigenvalue weighted by molar-refractivity contribution is 7.88. The number of amides is 1. The topological polar surface area (TPSA) is 66.5 Å². The molecular formula is C19H18Cl2F2N2O3S. The molecule has 10 heteroatoms. The zero-order chi connectivity index (χ0) is 21.2. The zero-order valence-corrected chi connectivity index (χ0v) is 17.5. The molecule has 3 rings (SSSR count). The standard InChI is InChI=1S/C19H18Cl2F2N2O3S/c20-14-2-1-13(16(21)9-14)11-29(27,28)25-7-5-12(6-8-25)19(26)24-15-3-4-17(22)18(23)10-15/h1-4,9-10,12H,5-8,11H2,(H,24,26). The van der Waals surface area contributed by atoms with Gasteiger partial charge in [-0.1, -0.05) is 29.3 Å². The minimum absolute atomic E-state index is 0.154. The molecular weight excluding hydrogens is 445 g/mol. The molecule has 5 nitrogen and oxygen atoms in total. The summed E-state index contributed by atoms with van der Waals surface area (Å²) in [5.74, 6) is -3.08. The van der Waals surface area contributed by atoms with Crippen LogP contribution in [0.4, 0.5) is 14.5 Å². The van der Waals surface area contributed by atoms with E-state index in [0.717, 1.165) is 12.1 Å². The molecule has 2 aromatic carbocycles. The van der Waals surface area contributed by atoms with Crippen molar-refractivity contribution < 1.29 is 22.0 Å². The van der Waals surface area contributed by atoms with E-state index >= 15 is 0 Å². The second-order valence-electron chi connectivity index (χ2n) is 6.78. The van der Waals surface area contributed by atoms with Crippen LogP contribution in [0.5, 0.6) is 0 Å². The van der Waals surface area contributed by atoms with Crippen molar-refractivity contribution in [2.24, 2.45) is 5.92 Å². The first-order chi connectivity index (χ1) is 13.7. The SMILES string of the molecule is O=C(Nc1ccc(F)c(F)c1)C1CCN(S(=O)(=O)Cc2ccc(Cl)cc2Cl)CC1. The van der Waals surface area contributed by atoms with Crippen molar-refractivity contribution in [1.29, 1.82) is 0 Å². The van der Waals surface area contributed by atoms with Crippen molar-refractivity contribution >= 4 is 44.8 Å². The number of carbonyl (C=O) groups is 1. The molecule has 0 radical (unpaired) electrons. The number of piperidine rings is 1. The van der Waals surface area contributed by atoms with Crippen molar-refractivity contribution in [3.8, 4) is 0 Å². The molecule has 1 heterocycles. The third kappa shape index (κ3) is 5.45. The number of nitrogens with zero attached hydrogens (tertiary/aromatic N) is 1. The van der Waals surface area contributed by atoms with Crippen LogP contribution in [0.15, 0.2) is 36.4 Å². The molecule has 0 bridgehead atoms. The van der Waals surface area contributed by atoms with Crippen molar-refractivity contribution in [2.75, 3.05) is 18.4 Å². The minimum Gasteiger partial charge on any atom is -0.326 e. The summed E-state index contributed by atoms with van der Waals surface area (Å²) in [6.07, 6.45) is 0.645. The van der Waals surface area contributed by atoms with E-state index in [1.54, 1.807) is 12.1 Å². The van der Waals surface area contributed by atoms with Crippen LogP contribution in [0.3, 0.4) is 0 Å². The highest BCUT2D eigenvalue weighted by atomic mass is 35.5. The van der Waals surface area contributed by atoms with Gasteiger partial charge in [0.15, 0.2) is 11.6 Å². The highest BCUT2D eigenvalue weighted by Crippen LogP contribution is 2.27. The Morgan fingerprint density at radius 1 is 1.07 bits per heavy atom. The van der Waals surface area contributed by atoms with Crippen LogP contribution in [-0.2, 0) is 20.6 Å². The maximum atomic E-state index is 13.3. The molecule has 1 aliphatic rings. The molecule has 1 saturated heterocycles. The van der Waals surface area contributed by atoms with E-state index in [9.17, 15) is 22.0 Å². The van der Waals surface area contributed by atoms with Gasteiger partial charge in [-0.05, 0) is 42.7 Å². The molecule has 0 aliphatic carbocycles. The Hall–Kier alpha value is -1.74. The quantitative estimate of drug-likeness (QED) is 0.713. The maximum Gasteiger partial charge on any atom is 0.227 e. The molecule has 0 aromatic heterocycles. The summed E-state index contributed by atoms with van der Waals surface area (Å²) in [7, 11) is -3.61. The molecule has 0 spiro atoms. The lowest BCUT2D eigenvalue weighted by atomic mass is 9.97. The largest absolute Gasteiger partial charge is 0.326 e. The van der Waals surface area contributed by atoms with Crippen molar-refractivity contribution in [2.45, 2.75) is 18.6 Å². The molecule has 0 unspecified atom stereocenters. The van der Waals surface area contributed by atoms with Gasteiger partial charge in [0.05, 0.1) is 5.75 Å². The second kappa shape index (κ2) is 8.95. The van der Waals surface area contributed by atoms with Gasteiger partial charge in [0.1, 0.15) is 0 Å². The highest BCUT2D eigenvalue weighted by Gasteiger charge is 2.31. The Labute approximate surface area is 177 Å². The fourth-order valence-corrected chi connectivity index (χ4v) is 5.29. The van der Waals surface area contributed by atoms with E-state index in [2.05, 4.69) is 5.32 Å². The zero-order valence-electron chi connectivity index (χ0n) is 15.2. The summed E-state index contributed by atoms with van der Waals surface area (Å²) in [6.45, 7) is 0.368. The molecule has 1 amide bonds. The van der Waals surface area contributed by atoms with Crippen LogP contribution in [0.25, 0.3) is 0 Å². The van der Waals surface area contributed by atoms with Crippen molar-refractivity contribution in [3.63, 3.8) is 0 Å². The lowest BCUT2D eigenvalue weighted by molar-refractivity contribution is -0.120. The van der Waals surface area contributed by atoms with Crippen LogP contribution >= 0.6 is 23.2 Å². The smallest absolute Gasteiger partial charge is 0.227 e. The molecule has 29 heavy (non-hydrogen) atoms. The van der Waals surface area contributed by atoms with Gasteiger partial charge < -0.3 is 5.32 Å². The van der Waals surface area contributed by atoms with Crippen LogP contribution < -0.4 is 5.32 Å². The maximum absolute atomic E-state index is 13.3. The van der Waals surface area contributed by atoms with Crippen LogP contribution in [0.2, 0.25) is 10.0 Å². The van der Waals surface area contributed by atoms with Crippen molar-refractivity contribution in [3.05, 3.63) is 63.6 Å². The van der Waals surface area contributed by atoms with E-state index in [0.29, 0.717) is 23.4 Å². The molecule has 1 fully saturated rings. The number of nitrogens with one attached hydrogen (secondary N) is 1. The Morgan fingerprint density at radius 3 is 2.38 bits per heavy atom. The third-order valence-electron chi connectivity index (χ3n) is 4.76.